The maximum absolute atomic E-state index is 12.5. The van der Waals surface area contributed by atoms with Crippen LogP contribution in [0.5, 0.6) is 11.5 Å². The molecule has 1 aromatic heterocycles. The molecular formula is C22H22ClN3O3. The molecule has 1 heterocycles. The highest BCUT2D eigenvalue weighted by molar-refractivity contribution is 6.32. The third-order valence-electron chi connectivity index (χ3n) is 4.42. The first-order chi connectivity index (χ1) is 13.9. The van der Waals surface area contributed by atoms with Gasteiger partial charge in [-0.15, -0.1) is 0 Å². The van der Waals surface area contributed by atoms with Gasteiger partial charge in [0.25, 0.3) is 0 Å². The summed E-state index contributed by atoms with van der Waals surface area (Å²) in [5, 5.41) is 7.85. The lowest BCUT2D eigenvalue weighted by Crippen LogP contribution is -2.09. The van der Waals surface area contributed by atoms with Gasteiger partial charge in [-0.05, 0) is 49.8 Å². The van der Waals surface area contributed by atoms with Crippen LogP contribution in [0.3, 0.4) is 0 Å². The third kappa shape index (κ3) is 4.43. The molecule has 0 unspecified atom stereocenters. The minimum absolute atomic E-state index is 0.269. The van der Waals surface area contributed by atoms with E-state index in [4.69, 9.17) is 21.1 Å². The normalized spacial score (nSPS) is 10.9. The van der Waals surface area contributed by atoms with Crippen molar-refractivity contribution >= 4 is 29.3 Å². The molecule has 0 saturated carbocycles. The first-order valence-electron chi connectivity index (χ1n) is 8.96. The molecule has 1 N–H and O–H groups in total. The quantitative estimate of drug-likeness (QED) is 0.591. The Morgan fingerprint density at radius 3 is 2.52 bits per heavy atom. The predicted molar refractivity (Wildman–Crippen MR) is 115 cm³/mol. The fraction of sp³-hybridized carbons (Fsp3) is 0.182. The highest BCUT2D eigenvalue weighted by Gasteiger charge is 2.14. The van der Waals surface area contributed by atoms with Crippen molar-refractivity contribution in [2.24, 2.45) is 0 Å². The van der Waals surface area contributed by atoms with Crippen molar-refractivity contribution in [2.75, 3.05) is 19.5 Å². The van der Waals surface area contributed by atoms with Gasteiger partial charge in [0.1, 0.15) is 0 Å². The number of hydrogen-bond acceptors (Lipinski definition) is 4. The second kappa shape index (κ2) is 8.84. The SMILES string of the molecule is COc1cc(/C=C/C(=O)Nc2c(C)nn(-c3ccccc3)c2C)cc(Cl)c1OC. The summed E-state index contributed by atoms with van der Waals surface area (Å²) in [4.78, 5) is 12.5. The Morgan fingerprint density at radius 2 is 1.86 bits per heavy atom. The third-order valence-corrected chi connectivity index (χ3v) is 4.70. The second-order valence-corrected chi connectivity index (χ2v) is 6.76. The second-order valence-electron chi connectivity index (χ2n) is 6.35. The van der Waals surface area contributed by atoms with Gasteiger partial charge in [-0.3, -0.25) is 4.79 Å². The Morgan fingerprint density at radius 1 is 1.14 bits per heavy atom. The van der Waals surface area contributed by atoms with Crippen molar-refractivity contribution in [3.8, 4) is 17.2 Å². The molecule has 0 aliphatic rings. The number of ether oxygens (including phenoxy) is 2. The number of halogens is 1. The molecule has 1 amide bonds. The van der Waals surface area contributed by atoms with E-state index in [1.165, 1.54) is 20.3 Å². The van der Waals surface area contributed by atoms with Crippen molar-refractivity contribution in [1.29, 1.82) is 0 Å². The van der Waals surface area contributed by atoms with Gasteiger partial charge >= 0.3 is 0 Å². The van der Waals surface area contributed by atoms with Crippen LogP contribution in [-0.4, -0.2) is 29.9 Å². The van der Waals surface area contributed by atoms with Gasteiger partial charge in [0, 0.05) is 6.08 Å². The van der Waals surface area contributed by atoms with Gasteiger partial charge in [-0.1, -0.05) is 29.8 Å². The summed E-state index contributed by atoms with van der Waals surface area (Å²) in [6.07, 6.45) is 3.10. The first kappa shape index (κ1) is 20.5. The Bertz CT molecular complexity index is 1060. The number of anilines is 1. The number of aryl methyl sites for hydroxylation is 1. The average molecular weight is 412 g/mol. The van der Waals surface area contributed by atoms with E-state index in [2.05, 4.69) is 10.4 Å². The first-order valence-corrected chi connectivity index (χ1v) is 9.34. The number of aromatic nitrogens is 2. The van der Waals surface area contributed by atoms with Crippen LogP contribution in [-0.2, 0) is 4.79 Å². The summed E-state index contributed by atoms with van der Waals surface area (Å²) in [5.74, 6) is 0.681. The topological polar surface area (TPSA) is 65.4 Å². The summed E-state index contributed by atoms with van der Waals surface area (Å²) in [6.45, 7) is 3.78. The van der Waals surface area contributed by atoms with E-state index in [-0.39, 0.29) is 5.91 Å². The van der Waals surface area contributed by atoms with Gasteiger partial charge in [0.15, 0.2) is 11.5 Å². The highest BCUT2D eigenvalue weighted by Crippen LogP contribution is 2.36. The molecule has 0 aliphatic carbocycles. The number of rotatable bonds is 6. The fourth-order valence-electron chi connectivity index (χ4n) is 3.02. The number of carbonyl (C=O) groups excluding carboxylic acids is 1. The van der Waals surface area contributed by atoms with Gasteiger partial charge < -0.3 is 14.8 Å². The summed E-state index contributed by atoms with van der Waals surface area (Å²) in [5.41, 5.74) is 3.93. The Labute approximate surface area is 174 Å². The van der Waals surface area contributed by atoms with E-state index in [1.807, 2.05) is 48.9 Å². The molecule has 7 heteroatoms. The van der Waals surface area contributed by atoms with E-state index in [0.717, 1.165) is 22.6 Å². The molecule has 0 fully saturated rings. The molecule has 0 bridgehead atoms. The number of methoxy groups -OCH3 is 2. The standard InChI is InChI=1S/C22H22ClN3O3/c1-14-21(15(2)26(25-14)17-8-6-5-7-9-17)24-20(27)11-10-16-12-18(23)22(29-4)19(13-16)28-3/h5-13H,1-4H3,(H,24,27)/b11-10+. The van der Waals surface area contributed by atoms with Crippen molar-refractivity contribution in [3.05, 3.63) is 70.5 Å². The summed E-state index contributed by atoms with van der Waals surface area (Å²) in [7, 11) is 3.05. The number of benzene rings is 2. The summed E-state index contributed by atoms with van der Waals surface area (Å²) < 4.78 is 12.3. The number of para-hydroxylation sites is 1. The molecular weight excluding hydrogens is 390 g/mol. The minimum Gasteiger partial charge on any atom is -0.493 e. The van der Waals surface area contributed by atoms with Crippen LogP contribution in [0.25, 0.3) is 11.8 Å². The number of nitrogens with one attached hydrogen (secondary N) is 1. The van der Waals surface area contributed by atoms with Crippen molar-refractivity contribution < 1.29 is 14.3 Å². The molecule has 0 spiro atoms. The van der Waals surface area contributed by atoms with Crippen LogP contribution in [0.15, 0.2) is 48.5 Å². The van der Waals surface area contributed by atoms with Crippen LogP contribution in [0.2, 0.25) is 5.02 Å². The summed E-state index contributed by atoms with van der Waals surface area (Å²) in [6, 6.07) is 13.2. The Balaban J connectivity index is 1.80. The smallest absolute Gasteiger partial charge is 0.248 e. The molecule has 29 heavy (non-hydrogen) atoms. The Kier molecular flexibility index (Phi) is 6.24. The van der Waals surface area contributed by atoms with Crippen LogP contribution < -0.4 is 14.8 Å². The largest absolute Gasteiger partial charge is 0.493 e. The molecule has 2 aromatic carbocycles. The lowest BCUT2D eigenvalue weighted by molar-refractivity contribution is -0.111. The van der Waals surface area contributed by atoms with E-state index < -0.39 is 0 Å². The predicted octanol–water partition coefficient (Wildman–Crippen LogP) is 4.81. The van der Waals surface area contributed by atoms with Crippen LogP contribution in [0, 0.1) is 13.8 Å². The van der Waals surface area contributed by atoms with Crippen molar-refractivity contribution in [1.82, 2.24) is 9.78 Å². The Hall–Kier alpha value is -3.25. The van der Waals surface area contributed by atoms with E-state index in [0.29, 0.717) is 22.2 Å². The molecule has 6 nitrogen and oxygen atoms in total. The van der Waals surface area contributed by atoms with Gasteiger partial charge in [-0.25, -0.2) is 4.68 Å². The zero-order valence-electron chi connectivity index (χ0n) is 16.7. The minimum atomic E-state index is -0.269. The monoisotopic (exact) mass is 411 g/mol. The van der Waals surface area contributed by atoms with Crippen LogP contribution in [0.1, 0.15) is 17.0 Å². The maximum atomic E-state index is 12.5. The zero-order chi connectivity index (χ0) is 21.0. The zero-order valence-corrected chi connectivity index (χ0v) is 17.4. The maximum Gasteiger partial charge on any atom is 0.248 e. The van der Waals surface area contributed by atoms with Gasteiger partial charge in [0.05, 0.1) is 42.0 Å². The number of hydrogen-bond donors (Lipinski definition) is 1. The van der Waals surface area contributed by atoms with Gasteiger partial charge in [-0.2, -0.15) is 5.10 Å². The summed E-state index contributed by atoms with van der Waals surface area (Å²) >= 11 is 6.21. The van der Waals surface area contributed by atoms with E-state index in [9.17, 15) is 4.79 Å². The molecule has 150 valence electrons. The molecule has 0 saturated heterocycles. The molecule has 0 radical (unpaired) electrons. The van der Waals surface area contributed by atoms with Crippen LogP contribution in [0.4, 0.5) is 5.69 Å². The molecule has 3 rings (SSSR count). The van der Waals surface area contributed by atoms with Crippen LogP contribution >= 0.6 is 11.6 Å². The molecule has 0 aliphatic heterocycles. The number of carbonyl (C=O) groups is 1. The molecule has 3 aromatic rings. The van der Waals surface area contributed by atoms with Crippen molar-refractivity contribution in [2.45, 2.75) is 13.8 Å². The highest BCUT2D eigenvalue weighted by atomic mass is 35.5. The van der Waals surface area contributed by atoms with E-state index in [1.54, 1.807) is 18.2 Å². The fourth-order valence-corrected chi connectivity index (χ4v) is 3.31. The average Bonchev–Trinajstić information content (AvgIpc) is 3.00. The van der Waals surface area contributed by atoms with Gasteiger partial charge in [0.2, 0.25) is 5.91 Å². The number of amides is 1. The lowest BCUT2D eigenvalue weighted by Gasteiger charge is -2.10. The van der Waals surface area contributed by atoms with Crippen molar-refractivity contribution in [3.63, 3.8) is 0 Å². The molecule has 0 atom stereocenters. The van der Waals surface area contributed by atoms with E-state index >= 15 is 0 Å². The number of nitrogens with zero attached hydrogens (tertiary/aromatic N) is 2. The lowest BCUT2D eigenvalue weighted by atomic mass is 10.2.